The van der Waals surface area contributed by atoms with E-state index in [-0.39, 0.29) is 17.2 Å². The Morgan fingerprint density at radius 3 is 2.73 bits per heavy atom. The Morgan fingerprint density at radius 2 is 1.92 bits per heavy atom. The van der Waals surface area contributed by atoms with Gasteiger partial charge in [0.15, 0.2) is 0 Å². The van der Waals surface area contributed by atoms with Gasteiger partial charge in [-0.15, -0.1) is 0 Å². The molecule has 0 saturated heterocycles. The van der Waals surface area contributed by atoms with Gasteiger partial charge in [0.05, 0.1) is 23.8 Å². The van der Waals surface area contributed by atoms with Gasteiger partial charge < -0.3 is 20.4 Å². The van der Waals surface area contributed by atoms with E-state index in [1.54, 1.807) is 24.5 Å². The van der Waals surface area contributed by atoms with Gasteiger partial charge in [-0.25, -0.2) is 4.98 Å². The molecule has 0 saturated carbocycles. The number of aromatic amines is 1. The quantitative estimate of drug-likeness (QED) is 0.361. The molecule has 4 aromatic rings. The first kappa shape index (κ1) is 24.5. The second kappa shape index (κ2) is 9.67. The lowest BCUT2D eigenvalue weighted by Crippen LogP contribution is -2.44. The van der Waals surface area contributed by atoms with Crippen LogP contribution in [-0.4, -0.2) is 59.1 Å². The van der Waals surface area contributed by atoms with E-state index in [0.29, 0.717) is 30.2 Å². The van der Waals surface area contributed by atoms with E-state index in [1.807, 2.05) is 60.3 Å². The van der Waals surface area contributed by atoms with E-state index < -0.39 is 0 Å². The summed E-state index contributed by atoms with van der Waals surface area (Å²) >= 11 is 0. The number of aromatic nitrogens is 3. The number of H-pyrrole nitrogens is 1. The molecule has 9 nitrogen and oxygen atoms in total. The van der Waals surface area contributed by atoms with Gasteiger partial charge in [-0.05, 0) is 74.0 Å². The summed E-state index contributed by atoms with van der Waals surface area (Å²) in [6, 6.07) is 15.1. The third-order valence-electron chi connectivity index (χ3n) is 6.75. The van der Waals surface area contributed by atoms with Crippen molar-refractivity contribution in [1.29, 1.82) is 0 Å². The highest BCUT2D eigenvalue weighted by atomic mass is 16.2. The third-order valence-corrected chi connectivity index (χ3v) is 6.75. The molecule has 9 heteroatoms. The Kier molecular flexibility index (Phi) is 6.39. The largest absolute Gasteiger partial charge is 0.340 e. The molecule has 2 amide bonds. The fourth-order valence-electron chi connectivity index (χ4n) is 4.70. The summed E-state index contributed by atoms with van der Waals surface area (Å²) in [5.41, 5.74) is 4.58. The molecule has 2 aromatic heterocycles. The van der Waals surface area contributed by atoms with Crippen molar-refractivity contribution in [2.45, 2.75) is 25.7 Å². The first-order valence-electron chi connectivity index (χ1n) is 12.3. The van der Waals surface area contributed by atoms with Crippen LogP contribution in [0, 0.1) is 0 Å². The fraction of sp³-hybridized carbons (Fsp3) is 0.286. The number of nitrogens with zero attached hydrogens (tertiary/aromatic N) is 4. The summed E-state index contributed by atoms with van der Waals surface area (Å²) in [6.07, 6.45) is 4.27. The van der Waals surface area contributed by atoms with Gasteiger partial charge in [0.1, 0.15) is 5.82 Å². The van der Waals surface area contributed by atoms with Gasteiger partial charge in [0, 0.05) is 35.2 Å². The maximum absolute atomic E-state index is 13.4. The summed E-state index contributed by atoms with van der Waals surface area (Å²) in [7, 11) is 3.77. The van der Waals surface area contributed by atoms with Crippen LogP contribution in [0.5, 0.6) is 0 Å². The Morgan fingerprint density at radius 1 is 1.11 bits per heavy atom. The molecule has 37 heavy (non-hydrogen) atoms. The number of amides is 2. The molecular weight excluding hydrogens is 466 g/mol. The number of hydrogen-bond donors (Lipinski definition) is 3. The smallest absolute Gasteiger partial charge is 0.259 e. The minimum absolute atomic E-state index is 0.0400. The summed E-state index contributed by atoms with van der Waals surface area (Å²) in [6.45, 7) is 5.34. The lowest BCUT2D eigenvalue weighted by Gasteiger charge is -2.39. The molecule has 1 aliphatic rings. The number of rotatable bonds is 6. The van der Waals surface area contributed by atoms with Crippen LogP contribution in [0.2, 0.25) is 0 Å². The maximum Gasteiger partial charge on any atom is 0.259 e. The molecule has 0 unspecified atom stereocenters. The number of fused-ring (bicyclic) bond motifs is 2. The molecule has 1 aliphatic heterocycles. The lowest BCUT2D eigenvalue weighted by atomic mass is 9.77. The third kappa shape index (κ3) is 5.03. The standard InChI is InChI=1S/C28H31N7O2/c1-28(2)11-13-35(25(36)17-34(3)4)24-15-20(9-10-22(24)28)32-27(37)21-6-5-12-29-26(21)31-19-8-7-18-16-30-33-23(18)14-19/h5-10,12,14-16H,11,13,17H2,1-4H3,(H,29,31)(H,30,33)(H,32,37). The predicted octanol–water partition coefficient (Wildman–Crippen LogP) is 4.53. The highest BCUT2D eigenvalue weighted by Gasteiger charge is 2.34. The van der Waals surface area contributed by atoms with Crippen molar-refractivity contribution in [2.24, 2.45) is 0 Å². The molecule has 3 heterocycles. The first-order chi connectivity index (χ1) is 17.7. The van der Waals surface area contributed by atoms with Gasteiger partial charge >= 0.3 is 0 Å². The molecular formula is C28H31N7O2. The van der Waals surface area contributed by atoms with E-state index in [9.17, 15) is 9.59 Å². The van der Waals surface area contributed by atoms with Crippen molar-refractivity contribution in [2.75, 3.05) is 42.7 Å². The topological polar surface area (TPSA) is 106 Å². The Labute approximate surface area is 215 Å². The summed E-state index contributed by atoms with van der Waals surface area (Å²) in [4.78, 5) is 34.5. The van der Waals surface area contributed by atoms with Crippen LogP contribution in [0.4, 0.5) is 22.9 Å². The zero-order valence-electron chi connectivity index (χ0n) is 21.5. The monoisotopic (exact) mass is 497 g/mol. The number of hydrogen-bond acceptors (Lipinski definition) is 6. The van der Waals surface area contributed by atoms with Gasteiger partial charge in [-0.1, -0.05) is 19.9 Å². The molecule has 0 atom stereocenters. The fourth-order valence-corrected chi connectivity index (χ4v) is 4.70. The Bertz CT molecular complexity index is 1470. The van der Waals surface area contributed by atoms with Gasteiger partial charge in [-0.2, -0.15) is 5.10 Å². The van der Waals surface area contributed by atoms with Crippen LogP contribution >= 0.6 is 0 Å². The van der Waals surface area contributed by atoms with Crippen LogP contribution < -0.4 is 15.5 Å². The lowest BCUT2D eigenvalue weighted by molar-refractivity contribution is -0.119. The van der Waals surface area contributed by atoms with Gasteiger partial charge in [-0.3, -0.25) is 14.7 Å². The van der Waals surface area contributed by atoms with Crippen molar-refractivity contribution in [1.82, 2.24) is 20.1 Å². The summed E-state index contributed by atoms with van der Waals surface area (Å²) in [5, 5.41) is 14.2. The van der Waals surface area contributed by atoms with Crippen LogP contribution in [-0.2, 0) is 10.2 Å². The van der Waals surface area contributed by atoms with Gasteiger partial charge in [0.2, 0.25) is 5.91 Å². The van der Waals surface area contributed by atoms with Crippen LogP contribution in [0.3, 0.4) is 0 Å². The second-order valence-electron chi connectivity index (χ2n) is 10.3. The van der Waals surface area contributed by atoms with E-state index in [2.05, 4.69) is 39.7 Å². The second-order valence-corrected chi connectivity index (χ2v) is 10.3. The maximum atomic E-state index is 13.4. The van der Waals surface area contributed by atoms with Crippen LogP contribution in [0.1, 0.15) is 36.2 Å². The molecule has 0 radical (unpaired) electrons. The SMILES string of the molecule is CN(C)CC(=O)N1CCC(C)(C)c2ccc(NC(=O)c3cccnc3Nc3ccc4cn[nH]c4c3)cc21. The van der Waals surface area contributed by atoms with Crippen molar-refractivity contribution in [3.63, 3.8) is 0 Å². The Balaban J connectivity index is 1.41. The van der Waals surface area contributed by atoms with E-state index in [1.165, 1.54) is 0 Å². The number of pyridine rings is 1. The zero-order valence-corrected chi connectivity index (χ0v) is 21.5. The highest BCUT2D eigenvalue weighted by Crippen LogP contribution is 2.41. The molecule has 0 fully saturated rings. The number of benzene rings is 2. The highest BCUT2D eigenvalue weighted by molar-refractivity contribution is 6.08. The Hall–Kier alpha value is -4.24. The number of carbonyl (C=O) groups excluding carboxylic acids is 2. The van der Waals surface area contributed by atoms with Crippen molar-refractivity contribution >= 4 is 45.6 Å². The summed E-state index contributed by atoms with van der Waals surface area (Å²) in [5.74, 6) is 0.193. The average molecular weight is 498 g/mol. The molecule has 190 valence electrons. The normalized spacial score (nSPS) is 14.5. The predicted molar refractivity (Wildman–Crippen MR) is 147 cm³/mol. The van der Waals surface area contributed by atoms with Crippen molar-refractivity contribution in [3.05, 3.63) is 72.1 Å². The van der Waals surface area contributed by atoms with Crippen molar-refractivity contribution < 1.29 is 9.59 Å². The van der Waals surface area contributed by atoms with Crippen LogP contribution in [0.15, 0.2) is 60.9 Å². The van der Waals surface area contributed by atoms with Crippen LogP contribution in [0.25, 0.3) is 10.9 Å². The van der Waals surface area contributed by atoms with E-state index in [0.717, 1.165) is 34.3 Å². The average Bonchev–Trinajstić information content (AvgIpc) is 3.32. The first-order valence-corrected chi connectivity index (χ1v) is 12.3. The number of likely N-dealkylation sites (N-methyl/N-ethyl adjacent to an activating group) is 1. The summed E-state index contributed by atoms with van der Waals surface area (Å²) < 4.78 is 0. The molecule has 3 N–H and O–H groups in total. The van der Waals surface area contributed by atoms with Gasteiger partial charge in [0.25, 0.3) is 5.91 Å². The number of carbonyl (C=O) groups is 2. The van der Waals surface area contributed by atoms with Crippen molar-refractivity contribution in [3.8, 4) is 0 Å². The zero-order chi connectivity index (χ0) is 26.2. The minimum Gasteiger partial charge on any atom is -0.340 e. The molecule has 0 bridgehead atoms. The molecule has 2 aromatic carbocycles. The molecule has 0 aliphatic carbocycles. The number of nitrogens with one attached hydrogen (secondary N) is 3. The minimum atomic E-state index is -0.292. The van der Waals surface area contributed by atoms with E-state index >= 15 is 0 Å². The number of anilines is 4. The molecule has 0 spiro atoms. The molecule has 5 rings (SSSR count). The van der Waals surface area contributed by atoms with E-state index in [4.69, 9.17) is 0 Å².